The molecule has 0 aliphatic heterocycles. The van der Waals surface area contributed by atoms with Gasteiger partial charge in [0.1, 0.15) is 5.00 Å². The Morgan fingerprint density at radius 2 is 1.91 bits per heavy atom. The van der Waals surface area contributed by atoms with Crippen molar-refractivity contribution >= 4 is 51.6 Å². The number of para-hydroxylation sites is 1. The van der Waals surface area contributed by atoms with E-state index in [-0.39, 0.29) is 27.1 Å². The predicted octanol–water partition coefficient (Wildman–Crippen LogP) is 3.10. The number of ether oxygens (including phenoxy) is 1. The first-order valence-corrected chi connectivity index (χ1v) is 12.2. The van der Waals surface area contributed by atoms with Gasteiger partial charge in [0.05, 0.1) is 22.3 Å². The van der Waals surface area contributed by atoms with E-state index in [1.54, 1.807) is 52.1 Å². The maximum absolute atomic E-state index is 13.1. The molecule has 0 aliphatic rings. The van der Waals surface area contributed by atoms with Crippen LogP contribution in [0.5, 0.6) is 0 Å². The monoisotopic (exact) mass is 505 g/mol. The molecule has 3 N–H and O–H groups in total. The Bertz CT molecular complexity index is 1250. The minimum absolute atomic E-state index is 0.130. The zero-order valence-corrected chi connectivity index (χ0v) is 20.7. The normalized spacial score (nSPS) is 11.6. The summed E-state index contributed by atoms with van der Waals surface area (Å²) >= 11 is 2.03. The zero-order valence-electron chi connectivity index (χ0n) is 19.1. The maximum atomic E-state index is 13.1. The smallest absolute Gasteiger partial charge is 0.441 e. The van der Waals surface area contributed by atoms with Crippen molar-refractivity contribution in [3.63, 3.8) is 0 Å². The summed E-state index contributed by atoms with van der Waals surface area (Å²) in [6, 6.07) is 8.91. The van der Waals surface area contributed by atoms with Gasteiger partial charge >= 0.3 is 16.6 Å². The molecule has 0 bridgehead atoms. The van der Waals surface area contributed by atoms with Gasteiger partial charge in [-0.3, -0.25) is 14.1 Å². The molecule has 180 valence electrons. The number of nitrogens with zero attached hydrogens (tertiary/aromatic N) is 1. The molecule has 3 rings (SSSR count). The van der Waals surface area contributed by atoms with Crippen LogP contribution in [0.3, 0.4) is 0 Å². The quantitative estimate of drug-likeness (QED) is 0.231. The van der Waals surface area contributed by atoms with Crippen molar-refractivity contribution in [2.45, 2.75) is 37.5 Å². The summed E-state index contributed by atoms with van der Waals surface area (Å²) in [6.07, 6.45) is 0.404. The highest BCUT2D eigenvalue weighted by Gasteiger charge is 2.31. The van der Waals surface area contributed by atoms with Crippen molar-refractivity contribution in [2.24, 2.45) is 7.05 Å². The van der Waals surface area contributed by atoms with Gasteiger partial charge in [0.2, 0.25) is 5.91 Å². The number of H-pyrrole nitrogens is 1. The summed E-state index contributed by atoms with van der Waals surface area (Å²) in [5, 5.41) is 7.76. The molecule has 0 saturated carbocycles. The molecule has 3 aromatic rings. The minimum atomic E-state index is -0.649. The number of rotatable bonds is 9. The van der Waals surface area contributed by atoms with E-state index < -0.39 is 28.7 Å². The van der Waals surface area contributed by atoms with Gasteiger partial charge in [-0.1, -0.05) is 29.8 Å². The number of carbonyl (C=O) groups is 3. The van der Waals surface area contributed by atoms with Gasteiger partial charge in [0.25, 0.3) is 5.91 Å². The highest BCUT2D eigenvalue weighted by Crippen LogP contribution is 2.35. The van der Waals surface area contributed by atoms with Gasteiger partial charge in [0, 0.05) is 5.69 Å². The van der Waals surface area contributed by atoms with Gasteiger partial charge < -0.3 is 15.4 Å². The molecule has 0 spiro atoms. The number of thioether (sulfide) groups is 1. The van der Waals surface area contributed by atoms with E-state index in [2.05, 4.69) is 15.9 Å². The third-order valence-corrected chi connectivity index (χ3v) is 7.47. The molecule has 2 amide bonds. The molecule has 2 aromatic heterocycles. The molecular weight excluding hydrogens is 480 g/mol. The number of thiophene rings is 1. The third kappa shape index (κ3) is 5.57. The van der Waals surface area contributed by atoms with Crippen LogP contribution in [-0.2, 0) is 16.6 Å². The number of aryl methyl sites for hydroxylation is 1. The fraction of sp³-hybridized carbons (Fsp3) is 0.318. The first-order chi connectivity index (χ1) is 16.3. The molecule has 1 aromatic carbocycles. The van der Waals surface area contributed by atoms with Gasteiger partial charge in [-0.15, -0.1) is 11.3 Å². The van der Waals surface area contributed by atoms with Crippen molar-refractivity contribution in [1.29, 1.82) is 0 Å². The van der Waals surface area contributed by atoms with Crippen molar-refractivity contribution in [2.75, 3.05) is 17.2 Å². The average molecular weight is 506 g/mol. The lowest BCUT2D eigenvalue weighted by Crippen LogP contribution is -2.35. The lowest BCUT2D eigenvalue weighted by Gasteiger charge is -2.12. The van der Waals surface area contributed by atoms with Crippen LogP contribution in [0.25, 0.3) is 0 Å². The molecule has 0 fully saturated rings. The van der Waals surface area contributed by atoms with Crippen molar-refractivity contribution in [3.8, 4) is 0 Å². The second-order valence-electron chi connectivity index (χ2n) is 7.15. The van der Waals surface area contributed by atoms with Gasteiger partial charge in [-0.05, 0) is 55.0 Å². The summed E-state index contributed by atoms with van der Waals surface area (Å²) in [4.78, 5) is 50.8. The predicted molar refractivity (Wildman–Crippen MR) is 128 cm³/mol. The minimum Gasteiger partial charge on any atom is -0.462 e. The van der Waals surface area contributed by atoms with E-state index in [1.165, 1.54) is 4.68 Å². The van der Waals surface area contributed by atoms with E-state index in [4.69, 9.17) is 9.26 Å². The average Bonchev–Trinajstić information content (AvgIpc) is 3.30. The Balaban J connectivity index is 1.90. The number of benzene rings is 1. The van der Waals surface area contributed by atoms with Crippen molar-refractivity contribution in [1.82, 2.24) is 5.27 Å². The van der Waals surface area contributed by atoms with E-state index in [9.17, 15) is 19.2 Å². The number of carbonyl (C=O) groups excluding carboxylic acids is 3. The van der Waals surface area contributed by atoms with Crippen LogP contribution in [0.15, 0.2) is 44.7 Å². The SMILES string of the molecule is CCOC(=O)c1c(NC(=O)C(CC)Sc2c(=O)o[nH][n+]2C)sc(C(=O)Nc2ccccc2)c1C. The molecule has 2 heterocycles. The number of hydrogen-bond acceptors (Lipinski definition) is 8. The van der Waals surface area contributed by atoms with Crippen LogP contribution in [0.2, 0.25) is 0 Å². The molecule has 34 heavy (non-hydrogen) atoms. The fourth-order valence-electron chi connectivity index (χ4n) is 3.09. The van der Waals surface area contributed by atoms with Gasteiger partial charge in [0.15, 0.2) is 7.05 Å². The van der Waals surface area contributed by atoms with Crippen LogP contribution >= 0.6 is 23.1 Å². The van der Waals surface area contributed by atoms with E-state index >= 15 is 0 Å². The van der Waals surface area contributed by atoms with Crippen LogP contribution < -0.4 is 20.9 Å². The van der Waals surface area contributed by atoms with Crippen molar-refractivity contribution < 1.29 is 28.3 Å². The summed E-state index contributed by atoms with van der Waals surface area (Å²) in [5.41, 5.74) is 0.553. The van der Waals surface area contributed by atoms with Crippen LogP contribution in [-0.4, -0.2) is 34.9 Å². The zero-order chi connectivity index (χ0) is 24.8. The molecule has 12 heteroatoms. The standard InChI is InChI=1S/C22H24N4O6S2/c1-5-14(33-20-22(30)32-25-26(20)4)17(27)24-19-15(21(29)31-6-2)12(3)16(34-19)18(28)23-13-10-8-7-9-11-13/h7-11,14H,5-6H2,1-4H3,(H2-,23,24,25,27,28,29,30)/p+1. The second kappa shape index (κ2) is 11.2. The lowest BCUT2D eigenvalue weighted by atomic mass is 10.1. The maximum Gasteiger partial charge on any atom is 0.441 e. The van der Waals surface area contributed by atoms with Gasteiger partial charge in [-0.2, -0.15) is 0 Å². The van der Waals surface area contributed by atoms with Crippen LogP contribution in [0.4, 0.5) is 10.7 Å². The number of nitrogens with one attached hydrogen (secondary N) is 3. The summed E-state index contributed by atoms with van der Waals surface area (Å²) in [7, 11) is 1.59. The first-order valence-electron chi connectivity index (χ1n) is 10.5. The lowest BCUT2D eigenvalue weighted by molar-refractivity contribution is -0.772. The summed E-state index contributed by atoms with van der Waals surface area (Å²) < 4.78 is 11.3. The van der Waals surface area contributed by atoms with Crippen LogP contribution in [0.1, 0.15) is 45.9 Å². The molecular formula is C22H25N4O6S2+. The second-order valence-corrected chi connectivity index (χ2v) is 9.36. The molecule has 0 radical (unpaired) electrons. The molecule has 1 unspecified atom stereocenters. The van der Waals surface area contributed by atoms with E-state index in [1.807, 2.05) is 6.07 Å². The number of anilines is 2. The van der Waals surface area contributed by atoms with E-state index in [0.717, 1.165) is 23.1 Å². The topological polar surface area (TPSA) is 134 Å². The van der Waals surface area contributed by atoms with Crippen molar-refractivity contribution in [3.05, 3.63) is 56.8 Å². The fourth-order valence-corrected chi connectivity index (χ4v) is 5.11. The van der Waals surface area contributed by atoms with E-state index in [0.29, 0.717) is 17.7 Å². The van der Waals surface area contributed by atoms with Gasteiger partial charge in [-0.25, -0.2) is 9.59 Å². The Hall–Kier alpha value is -3.38. The Labute approximate surface area is 203 Å². The molecule has 10 nitrogen and oxygen atoms in total. The number of aromatic nitrogens is 2. The Morgan fingerprint density at radius 3 is 2.50 bits per heavy atom. The molecule has 0 aliphatic carbocycles. The van der Waals surface area contributed by atoms with Crippen LogP contribution in [0, 0.1) is 6.92 Å². The Kier molecular flexibility index (Phi) is 8.29. The number of hydrogen-bond donors (Lipinski definition) is 3. The molecule has 1 atom stereocenters. The number of amides is 2. The Morgan fingerprint density at radius 1 is 1.21 bits per heavy atom. The summed E-state index contributed by atoms with van der Waals surface area (Å²) in [6.45, 7) is 5.25. The molecule has 0 saturated heterocycles. The highest BCUT2D eigenvalue weighted by molar-refractivity contribution is 8.00. The third-order valence-electron chi connectivity index (χ3n) is 4.77. The number of aromatic amines is 1. The number of esters is 1. The largest absolute Gasteiger partial charge is 0.462 e. The highest BCUT2D eigenvalue weighted by atomic mass is 32.2. The summed E-state index contributed by atoms with van der Waals surface area (Å²) in [5.74, 6) is -1.46. The first kappa shape index (κ1) is 25.2.